The van der Waals surface area contributed by atoms with E-state index in [0.717, 1.165) is 11.1 Å². The predicted molar refractivity (Wildman–Crippen MR) is 76.0 cm³/mol. The Labute approximate surface area is 118 Å². The summed E-state index contributed by atoms with van der Waals surface area (Å²) in [5, 5.41) is 10.4. The van der Waals surface area contributed by atoms with E-state index in [1.807, 2.05) is 0 Å². The molecule has 91 valence electrons. The van der Waals surface area contributed by atoms with Gasteiger partial charge in [-0.2, -0.15) is 0 Å². The summed E-state index contributed by atoms with van der Waals surface area (Å²) in [5.74, 6) is 0.464. The Hall–Kier alpha value is -0.383. The van der Waals surface area contributed by atoms with Crippen LogP contribution in [0.2, 0.25) is 0 Å². The van der Waals surface area contributed by atoms with Crippen molar-refractivity contribution >= 4 is 18.9 Å². The summed E-state index contributed by atoms with van der Waals surface area (Å²) < 4.78 is 0. The molecule has 0 aliphatic rings. The van der Waals surface area contributed by atoms with Crippen LogP contribution in [0.3, 0.4) is 0 Å². The summed E-state index contributed by atoms with van der Waals surface area (Å²) in [6.45, 7) is 14.9. The number of aromatic hydroxyl groups is 1. The second-order valence-corrected chi connectivity index (χ2v) is 6.71. The molecule has 0 aliphatic heterocycles. The molecule has 0 amide bonds. The molecular weight excluding hydrogens is 203 g/mol. The van der Waals surface area contributed by atoms with Gasteiger partial charge in [-0.1, -0.05) is 59.2 Å². The monoisotopic (exact) mass is 227 g/mol. The van der Waals surface area contributed by atoms with Crippen molar-refractivity contribution in [2.24, 2.45) is 0 Å². The minimum Gasteiger partial charge on any atom is -0.507 e. The van der Waals surface area contributed by atoms with Crippen LogP contribution in [-0.4, -0.2) is 24.0 Å². The molecule has 1 aromatic rings. The van der Waals surface area contributed by atoms with Crippen LogP contribution >= 0.6 is 0 Å². The third-order valence-electron chi connectivity index (χ3n) is 2.87. The summed E-state index contributed by atoms with van der Waals surface area (Å²) in [6.07, 6.45) is 0. The van der Waals surface area contributed by atoms with E-state index in [-0.39, 0.29) is 29.7 Å². The fourth-order valence-corrected chi connectivity index (χ4v) is 1.92. The van der Waals surface area contributed by atoms with Crippen LogP contribution in [0.25, 0.3) is 0 Å². The molecule has 0 spiro atoms. The molecule has 0 aromatic heterocycles. The summed E-state index contributed by atoms with van der Waals surface area (Å²) in [6, 6.07) is 4.18. The van der Waals surface area contributed by atoms with E-state index >= 15 is 0 Å². The number of hydrogen-bond acceptors (Lipinski definition) is 1. The van der Waals surface area contributed by atoms with Gasteiger partial charge in [0.2, 0.25) is 0 Å². The molecule has 0 heterocycles. The van der Waals surface area contributed by atoms with Crippen molar-refractivity contribution < 1.29 is 5.11 Å². The maximum atomic E-state index is 10.4. The van der Waals surface area contributed by atoms with Gasteiger partial charge < -0.3 is 5.11 Å². The van der Waals surface area contributed by atoms with Gasteiger partial charge in [0.1, 0.15) is 5.75 Å². The normalized spacial score (nSPS) is 12.2. The van der Waals surface area contributed by atoms with E-state index in [1.165, 1.54) is 5.56 Å². The number of phenols is 1. The summed E-state index contributed by atoms with van der Waals surface area (Å²) in [4.78, 5) is 0. The Bertz CT molecular complexity index is 359. The summed E-state index contributed by atoms with van der Waals surface area (Å²) in [5.41, 5.74) is 3.26. The quantitative estimate of drug-likeness (QED) is 0.666. The van der Waals surface area contributed by atoms with Crippen molar-refractivity contribution in [2.75, 3.05) is 0 Å². The maximum absolute atomic E-state index is 10.4. The van der Waals surface area contributed by atoms with Crippen LogP contribution in [-0.2, 0) is 10.8 Å². The fourth-order valence-electron chi connectivity index (χ4n) is 1.92. The van der Waals surface area contributed by atoms with Crippen molar-refractivity contribution in [3.8, 4) is 5.75 Å². The van der Waals surface area contributed by atoms with Gasteiger partial charge in [0.25, 0.3) is 0 Å². The van der Waals surface area contributed by atoms with Crippen LogP contribution in [0.1, 0.15) is 58.2 Å². The Morgan fingerprint density at radius 1 is 0.824 bits per heavy atom. The van der Waals surface area contributed by atoms with Crippen LogP contribution in [0, 0.1) is 6.92 Å². The van der Waals surface area contributed by atoms with Crippen LogP contribution in [0.15, 0.2) is 12.1 Å². The van der Waals surface area contributed by atoms with Gasteiger partial charge in [-0.05, 0) is 28.9 Å². The zero-order chi connectivity index (χ0) is 12.7. The maximum Gasteiger partial charge on any atom is 0.123 e. The fraction of sp³-hybridized carbons (Fsp3) is 0.600. The smallest absolute Gasteiger partial charge is 0.123 e. The largest absolute Gasteiger partial charge is 0.507 e. The third kappa shape index (κ3) is 3.80. The molecule has 2 heteroatoms. The van der Waals surface area contributed by atoms with Crippen molar-refractivity contribution in [3.63, 3.8) is 0 Å². The van der Waals surface area contributed by atoms with Gasteiger partial charge in [-0.15, -0.1) is 0 Å². The first kappa shape index (κ1) is 16.6. The molecule has 0 saturated heterocycles. The molecule has 0 fully saturated rings. The van der Waals surface area contributed by atoms with Gasteiger partial charge in [-0.3, -0.25) is 0 Å². The van der Waals surface area contributed by atoms with Crippen LogP contribution in [0.4, 0.5) is 0 Å². The molecule has 1 nitrogen and oxygen atoms in total. The Morgan fingerprint density at radius 2 is 1.12 bits per heavy atom. The van der Waals surface area contributed by atoms with E-state index in [2.05, 4.69) is 60.6 Å². The van der Waals surface area contributed by atoms with Gasteiger partial charge in [0, 0.05) is 18.9 Å². The molecule has 1 radical (unpaired) electrons. The average molecular weight is 227 g/mol. The van der Waals surface area contributed by atoms with Gasteiger partial charge >= 0.3 is 0 Å². The number of hydrogen-bond donors (Lipinski definition) is 1. The van der Waals surface area contributed by atoms with E-state index in [9.17, 15) is 5.11 Å². The van der Waals surface area contributed by atoms with E-state index in [1.54, 1.807) is 0 Å². The average Bonchev–Trinajstić information content (AvgIpc) is 2.04. The van der Waals surface area contributed by atoms with Crippen LogP contribution in [0.5, 0.6) is 5.75 Å². The second kappa shape index (κ2) is 5.08. The Morgan fingerprint density at radius 3 is 1.35 bits per heavy atom. The number of phenolic OH excluding ortho intramolecular Hbond substituents is 1. The zero-order valence-corrected chi connectivity index (χ0v) is 12.6. The van der Waals surface area contributed by atoms with E-state index in [0.29, 0.717) is 5.75 Å². The van der Waals surface area contributed by atoms with E-state index < -0.39 is 0 Å². The Balaban J connectivity index is 0.00000256. The summed E-state index contributed by atoms with van der Waals surface area (Å²) >= 11 is 0. The number of benzene rings is 1. The summed E-state index contributed by atoms with van der Waals surface area (Å²) in [7, 11) is 0. The van der Waals surface area contributed by atoms with Crippen molar-refractivity contribution in [2.45, 2.75) is 59.3 Å². The van der Waals surface area contributed by atoms with Gasteiger partial charge in [-0.25, -0.2) is 0 Å². The van der Waals surface area contributed by atoms with Gasteiger partial charge in [0.05, 0.1) is 0 Å². The SMILES string of the molecule is Cc1cc(C(C)(C)C)c(O)c(C(C)(C)C)c1.[Li]. The molecular formula is C15H24LiO. The second-order valence-electron chi connectivity index (χ2n) is 6.71. The van der Waals surface area contributed by atoms with E-state index in [4.69, 9.17) is 0 Å². The minimum atomic E-state index is -0.0178. The first-order chi connectivity index (χ1) is 7.03. The molecule has 0 bridgehead atoms. The molecule has 17 heavy (non-hydrogen) atoms. The van der Waals surface area contributed by atoms with Crippen molar-refractivity contribution in [1.29, 1.82) is 0 Å². The number of aryl methyl sites for hydroxylation is 1. The first-order valence-corrected chi connectivity index (χ1v) is 5.88. The molecule has 0 aliphatic carbocycles. The molecule has 0 saturated carbocycles. The number of rotatable bonds is 0. The predicted octanol–water partition coefficient (Wildman–Crippen LogP) is 3.91. The van der Waals surface area contributed by atoms with Gasteiger partial charge in [0.15, 0.2) is 0 Å². The third-order valence-corrected chi connectivity index (χ3v) is 2.87. The Kier molecular flexibility index (Phi) is 4.97. The molecule has 1 N–H and O–H groups in total. The first-order valence-electron chi connectivity index (χ1n) is 5.88. The van der Waals surface area contributed by atoms with Crippen molar-refractivity contribution in [1.82, 2.24) is 0 Å². The molecule has 0 atom stereocenters. The molecule has 1 rings (SSSR count). The van der Waals surface area contributed by atoms with Crippen LogP contribution < -0.4 is 0 Å². The van der Waals surface area contributed by atoms with Crippen molar-refractivity contribution in [3.05, 3.63) is 28.8 Å². The topological polar surface area (TPSA) is 20.2 Å². The minimum absolute atomic E-state index is 0. The molecule has 0 unspecified atom stereocenters. The zero-order valence-electron chi connectivity index (χ0n) is 12.6. The molecule has 1 aromatic carbocycles. The standard InChI is InChI=1S/C15H24O.Li/c1-10-8-11(14(2,3)4)13(16)12(9-10)15(5,6)7;/h8-9,16H,1-7H3;.